The third-order valence-corrected chi connectivity index (χ3v) is 5.19. The molecule has 0 bridgehead atoms. The Morgan fingerprint density at radius 2 is 1.59 bits per heavy atom. The first-order chi connectivity index (χ1) is 15.4. The molecule has 0 unspecified atom stereocenters. The third kappa shape index (κ3) is 4.32. The predicted octanol–water partition coefficient (Wildman–Crippen LogP) is 4.58. The molecular weight excluding hydrogens is 406 g/mol. The highest BCUT2D eigenvalue weighted by atomic mass is 16.5. The van der Waals surface area contributed by atoms with E-state index < -0.39 is 23.9 Å². The first-order valence-electron chi connectivity index (χ1n) is 10.3. The van der Waals surface area contributed by atoms with E-state index >= 15 is 0 Å². The highest BCUT2D eigenvalue weighted by Crippen LogP contribution is 2.30. The lowest BCUT2D eigenvalue weighted by atomic mass is 10.2. The zero-order valence-corrected chi connectivity index (χ0v) is 17.8. The van der Waals surface area contributed by atoms with Crippen LogP contribution in [0.2, 0.25) is 0 Å². The van der Waals surface area contributed by atoms with E-state index in [9.17, 15) is 14.4 Å². The van der Waals surface area contributed by atoms with E-state index in [4.69, 9.17) is 4.74 Å². The quantitative estimate of drug-likeness (QED) is 0.582. The molecule has 162 valence electrons. The maximum Gasteiger partial charge on any atom is 0.332 e. The number of ether oxygens (including phenoxy) is 1. The molecule has 0 radical (unpaired) electrons. The van der Waals surface area contributed by atoms with Crippen LogP contribution in [0.3, 0.4) is 0 Å². The second kappa shape index (κ2) is 8.93. The monoisotopic (exact) mass is 429 g/mol. The van der Waals surface area contributed by atoms with Crippen molar-refractivity contribution in [3.05, 3.63) is 84.4 Å². The SMILES string of the molecule is Cc1ccc(N2C(=O)N(CC(=O)Nc3ccccc3Oc3ccccc3)C(=O)[C@@H]2C)cc1. The van der Waals surface area contributed by atoms with E-state index in [2.05, 4.69) is 5.32 Å². The van der Waals surface area contributed by atoms with Gasteiger partial charge in [0.2, 0.25) is 5.91 Å². The summed E-state index contributed by atoms with van der Waals surface area (Å²) in [6.07, 6.45) is 0. The van der Waals surface area contributed by atoms with Crippen molar-refractivity contribution >= 4 is 29.2 Å². The maximum absolute atomic E-state index is 12.9. The molecule has 0 spiro atoms. The Morgan fingerprint density at radius 1 is 0.938 bits per heavy atom. The lowest BCUT2D eigenvalue weighted by Gasteiger charge is -2.19. The van der Waals surface area contributed by atoms with Gasteiger partial charge in [-0.25, -0.2) is 4.79 Å². The number of carbonyl (C=O) groups is 3. The minimum atomic E-state index is -0.688. The summed E-state index contributed by atoms with van der Waals surface area (Å²) in [4.78, 5) is 40.8. The number of nitrogens with one attached hydrogen (secondary N) is 1. The van der Waals surface area contributed by atoms with Crippen LogP contribution in [0.25, 0.3) is 0 Å². The number of nitrogens with zero attached hydrogens (tertiary/aromatic N) is 2. The molecule has 0 aromatic heterocycles. The van der Waals surface area contributed by atoms with Gasteiger partial charge in [-0.05, 0) is 50.2 Å². The second-order valence-corrected chi connectivity index (χ2v) is 7.55. The van der Waals surface area contributed by atoms with Gasteiger partial charge >= 0.3 is 6.03 Å². The van der Waals surface area contributed by atoms with Crippen molar-refractivity contribution in [1.29, 1.82) is 0 Å². The molecule has 7 nitrogen and oxygen atoms in total. The number of rotatable bonds is 6. The molecule has 4 rings (SSSR count). The van der Waals surface area contributed by atoms with E-state index in [0.29, 0.717) is 22.9 Å². The topological polar surface area (TPSA) is 79.0 Å². The summed E-state index contributed by atoms with van der Waals surface area (Å²) >= 11 is 0. The standard InChI is InChI=1S/C25H23N3O4/c1-17-12-14-19(15-13-17)28-18(2)24(30)27(25(28)31)16-23(29)26-21-10-6-7-11-22(21)32-20-8-4-3-5-9-20/h3-15,18H,16H2,1-2H3,(H,26,29)/t18-/m0/s1. The van der Waals surface area contributed by atoms with Crippen molar-refractivity contribution in [2.75, 3.05) is 16.8 Å². The largest absolute Gasteiger partial charge is 0.455 e. The predicted molar refractivity (Wildman–Crippen MR) is 122 cm³/mol. The fourth-order valence-electron chi connectivity index (χ4n) is 3.52. The van der Waals surface area contributed by atoms with Gasteiger partial charge in [-0.2, -0.15) is 0 Å². The Labute approximate surface area is 186 Å². The molecule has 1 aliphatic heterocycles. The fourth-order valence-corrected chi connectivity index (χ4v) is 3.52. The van der Waals surface area contributed by atoms with Gasteiger partial charge in [0, 0.05) is 5.69 Å². The second-order valence-electron chi connectivity index (χ2n) is 7.55. The normalized spacial score (nSPS) is 15.8. The van der Waals surface area contributed by atoms with Crippen LogP contribution in [0.15, 0.2) is 78.9 Å². The van der Waals surface area contributed by atoms with Crippen molar-refractivity contribution in [3.8, 4) is 11.5 Å². The van der Waals surface area contributed by atoms with Crippen LogP contribution in [-0.2, 0) is 9.59 Å². The zero-order valence-electron chi connectivity index (χ0n) is 17.8. The van der Waals surface area contributed by atoms with E-state index in [0.717, 1.165) is 10.5 Å². The number of anilines is 2. The first kappa shape index (κ1) is 21.1. The van der Waals surface area contributed by atoms with Crippen molar-refractivity contribution in [3.63, 3.8) is 0 Å². The number of aryl methyl sites for hydroxylation is 1. The highest BCUT2D eigenvalue weighted by molar-refractivity contribution is 6.16. The van der Waals surface area contributed by atoms with E-state index in [1.807, 2.05) is 37.3 Å². The van der Waals surface area contributed by atoms with E-state index in [1.54, 1.807) is 55.5 Å². The van der Waals surface area contributed by atoms with Crippen LogP contribution < -0.4 is 15.0 Å². The molecule has 0 saturated carbocycles. The molecule has 1 aliphatic rings. The van der Waals surface area contributed by atoms with E-state index in [-0.39, 0.29) is 6.54 Å². The molecule has 1 atom stereocenters. The third-order valence-electron chi connectivity index (χ3n) is 5.19. The molecule has 4 amide bonds. The summed E-state index contributed by atoms with van der Waals surface area (Å²) in [5.74, 6) is 0.177. The molecule has 32 heavy (non-hydrogen) atoms. The minimum absolute atomic E-state index is 0.385. The van der Waals surface area contributed by atoms with E-state index in [1.165, 1.54) is 4.90 Å². The van der Waals surface area contributed by atoms with Gasteiger partial charge in [0.25, 0.3) is 5.91 Å². The Morgan fingerprint density at radius 3 is 2.31 bits per heavy atom. The fraction of sp³-hybridized carbons (Fsp3) is 0.160. The molecular formula is C25H23N3O4. The summed E-state index contributed by atoms with van der Waals surface area (Å²) in [5, 5.41) is 2.75. The summed E-state index contributed by atoms with van der Waals surface area (Å²) in [5.41, 5.74) is 2.11. The Hall–Kier alpha value is -4.13. The average Bonchev–Trinajstić information content (AvgIpc) is 3.00. The number of imide groups is 1. The lowest BCUT2D eigenvalue weighted by Crippen LogP contribution is -2.39. The Bertz CT molecular complexity index is 1150. The van der Waals surface area contributed by atoms with Crippen LogP contribution in [-0.4, -0.2) is 35.3 Å². The van der Waals surface area contributed by atoms with Gasteiger partial charge in [-0.15, -0.1) is 0 Å². The van der Waals surface area contributed by atoms with Gasteiger partial charge in [-0.3, -0.25) is 19.4 Å². The van der Waals surface area contributed by atoms with Gasteiger partial charge in [0.15, 0.2) is 5.75 Å². The number of carbonyl (C=O) groups excluding carboxylic acids is 3. The van der Waals surface area contributed by atoms with Gasteiger partial charge < -0.3 is 10.1 Å². The first-order valence-corrected chi connectivity index (χ1v) is 10.3. The number of hydrogen-bond acceptors (Lipinski definition) is 4. The van der Waals surface area contributed by atoms with Gasteiger partial charge in [-0.1, -0.05) is 48.0 Å². The number of para-hydroxylation sites is 3. The highest BCUT2D eigenvalue weighted by Gasteiger charge is 2.44. The number of hydrogen-bond donors (Lipinski definition) is 1. The van der Waals surface area contributed by atoms with Crippen molar-refractivity contribution in [2.24, 2.45) is 0 Å². The summed E-state index contributed by atoms with van der Waals surface area (Å²) in [7, 11) is 0. The zero-order chi connectivity index (χ0) is 22.7. The molecule has 1 heterocycles. The van der Waals surface area contributed by atoms with Crippen LogP contribution in [0.4, 0.5) is 16.2 Å². The molecule has 1 fully saturated rings. The Kier molecular flexibility index (Phi) is 5.89. The molecule has 3 aromatic carbocycles. The van der Waals surface area contributed by atoms with Gasteiger partial charge in [0.05, 0.1) is 5.69 Å². The molecule has 3 aromatic rings. The van der Waals surface area contributed by atoms with Crippen molar-refractivity contribution in [1.82, 2.24) is 4.90 Å². The number of benzene rings is 3. The maximum atomic E-state index is 12.9. The summed E-state index contributed by atoms with van der Waals surface area (Å²) in [6, 6.07) is 22.3. The van der Waals surface area contributed by atoms with Gasteiger partial charge in [0.1, 0.15) is 18.3 Å². The molecule has 1 N–H and O–H groups in total. The van der Waals surface area contributed by atoms with Crippen molar-refractivity contribution < 1.29 is 19.1 Å². The summed E-state index contributed by atoms with van der Waals surface area (Å²) in [6.45, 7) is 3.21. The van der Waals surface area contributed by atoms with Crippen molar-refractivity contribution in [2.45, 2.75) is 19.9 Å². The molecule has 7 heteroatoms. The number of amides is 4. The van der Waals surface area contributed by atoms with Crippen LogP contribution in [0.1, 0.15) is 12.5 Å². The summed E-state index contributed by atoms with van der Waals surface area (Å²) < 4.78 is 5.85. The number of urea groups is 1. The van der Waals surface area contributed by atoms with Crippen LogP contribution in [0.5, 0.6) is 11.5 Å². The molecule has 0 aliphatic carbocycles. The Balaban J connectivity index is 1.47. The lowest BCUT2D eigenvalue weighted by molar-refractivity contribution is -0.130. The van der Waals surface area contributed by atoms with Crippen LogP contribution >= 0.6 is 0 Å². The van der Waals surface area contributed by atoms with Crippen LogP contribution in [0, 0.1) is 6.92 Å². The average molecular weight is 429 g/mol. The minimum Gasteiger partial charge on any atom is -0.455 e. The smallest absolute Gasteiger partial charge is 0.332 e. The molecule has 1 saturated heterocycles.